The van der Waals surface area contributed by atoms with E-state index in [0.29, 0.717) is 12.3 Å². The molecule has 0 bridgehead atoms. The lowest BCUT2D eigenvalue weighted by Crippen LogP contribution is -2.02. The van der Waals surface area contributed by atoms with Crippen LogP contribution in [0.5, 0.6) is 0 Å². The molecule has 13 heavy (non-hydrogen) atoms. The molecule has 0 saturated carbocycles. The molecule has 5 heteroatoms. The van der Waals surface area contributed by atoms with E-state index in [1.807, 2.05) is 13.8 Å². The van der Waals surface area contributed by atoms with Crippen molar-refractivity contribution in [3.8, 4) is 0 Å². The summed E-state index contributed by atoms with van der Waals surface area (Å²) < 4.78 is 5.44. The first-order valence-electron chi connectivity index (χ1n) is 3.70. The number of carbonyl (C=O) groups excluding carboxylic acids is 1. The van der Waals surface area contributed by atoms with Gasteiger partial charge in [-0.15, -0.1) is 0 Å². The highest BCUT2D eigenvalue weighted by atomic mass is 79.9. The Bertz CT molecular complexity index is 305. The molecule has 0 aliphatic heterocycles. The summed E-state index contributed by atoms with van der Waals surface area (Å²) in [5.41, 5.74) is 1.69. The summed E-state index contributed by atoms with van der Waals surface area (Å²) in [6.07, 6.45) is 0. The van der Waals surface area contributed by atoms with Gasteiger partial charge in [-0.3, -0.25) is 4.79 Å². The molecule has 0 unspecified atom stereocenters. The molecule has 4 nitrogen and oxygen atoms in total. The zero-order chi connectivity index (χ0) is 9.84. The molecule has 0 spiro atoms. The molecule has 0 aromatic carbocycles. The fourth-order valence-electron chi connectivity index (χ4n) is 0.945. The molecule has 0 fully saturated rings. The van der Waals surface area contributed by atoms with Crippen LogP contribution in [0, 0.1) is 13.8 Å². The highest BCUT2D eigenvalue weighted by Crippen LogP contribution is 2.17. The maximum atomic E-state index is 9.93. The Hall–Kier alpha value is -0.970. The normalized spacial score (nSPS) is 9.77. The fraction of sp³-hybridized carbons (Fsp3) is 0.375. The molecular weight excluding hydrogens is 236 g/mol. The summed E-state index contributed by atoms with van der Waals surface area (Å²) in [4.78, 5) is 18.2. The van der Waals surface area contributed by atoms with Crippen molar-refractivity contribution in [3.05, 3.63) is 21.7 Å². The Morgan fingerprint density at radius 1 is 1.38 bits per heavy atom. The molecule has 1 rings (SSSR count). The van der Waals surface area contributed by atoms with Crippen LogP contribution in [0.1, 0.15) is 17.2 Å². The zero-order valence-electron chi connectivity index (χ0n) is 7.37. The van der Waals surface area contributed by atoms with Gasteiger partial charge < -0.3 is 4.74 Å². The molecule has 0 N–H and O–H groups in total. The van der Waals surface area contributed by atoms with Crippen LogP contribution in [0.15, 0.2) is 4.47 Å². The molecule has 70 valence electrons. The van der Waals surface area contributed by atoms with Crippen LogP contribution in [0.3, 0.4) is 0 Å². The second-order valence-electron chi connectivity index (χ2n) is 2.53. The summed E-state index contributed by atoms with van der Waals surface area (Å²) in [6.45, 7) is 4.24. The first kappa shape index (κ1) is 10.1. The van der Waals surface area contributed by atoms with Gasteiger partial charge in [-0.25, -0.2) is 9.97 Å². The first-order chi connectivity index (χ1) is 6.15. The number of halogens is 1. The van der Waals surface area contributed by atoms with Gasteiger partial charge in [0.2, 0.25) is 0 Å². The van der Waals surface area contributed by atoms with Crippen molar-refractivity contribution in [3.63, 3.8) is 0 Å². The lowest BCUT2D eigenvalue weighted by molar-refractivity contribution is -0.130. The number of rotatable bonds is 3. The second-order valence-corrected chi connectivity index (χ2v) is 3.32. The molecule has 0 atom stereocenters. The average molecular weight is 245 g/mol. The first-order valence-corrected chi connectivity index (χ1v) is 4.49. The minimum Gasteiger partial charge on any atom is -0.460 e. The van der Waals surface area contributed by atoms with Crippen molar-refractivity contribution < 1.29 is 9.53 Å². The Morgan fingerprint density at radius 3 is 2.38 bits per heavy atom. The maximum Gasteiger partial charge on any atom is 0.293 e. The number of carbonyl (C=O) groups is 1. The monoisotopic (exact) mass is 244 g/mol. The number of nitrogens with zero attached hydrogens (tertiary/aromatic N) is 2. The Kier molecular flexibility index (Phi) is 3.36. The van der Waals surface area contributed by atoms with Gasteiger partial charge in [0, 0.05) is 0 Å². The van der Waals surface area contributed by atoms with E-state index in [0.717, 1.165) is 15.9 Å². The molecule has 0 radical (unpaired) electrons. The molecule has 0 aliphatic rings. The van der Waals surface area contributed by atoms with E-state index < -0.39 is 0 Å². The quantitative estimate of drug-likeness (QED) is 0.757. The van der Waals surface area contributed by atoms with Crippen molar-refractivity contribution >= 4 is 22.4 Å². The van der Waals surface area contributed by atoms with Gasteiger partial charge in [0.25, 0.3) is 6.47 Å². The van der Waals surface area contributed by atoms with Crippen LogP contribution in [0.2, 0.25) is 0 Å². The minimum absolute atomic E-state index is 0.123. The Labute approximate surface area is 84.5 Å². The number of aryl methyl sites for hydroxylation is 2. The summed E-state index contributed by atoms with van der Waals surface area (Å²) in [5.74, 6) is 0.519. The number of hydrogen-bond donors (Lipinski definition) is 0. The Morgan fingerprint density at radius 2 is 1.92 bits per heavy atom. The van der Waals surface area contributed by atoms with Crippen LogP contribution >= 0.6 is 15.9 Å². The van der Waals surface area contributed by atoms with Gasteiger partial charge >= 0.3 is 0 Å². The lowest BCUT2D eigenvalue weighted by Gasteiger charge is -2.04. The van der Waals surface area contributed by atoms with Gasteiger partial charge in [-0.05, 0) is 29.8 Å². The van der Waals surface area contributed by atoms with Crippen LogP contribution in [-0.4, -0.2) is 16.4 Å². The van der Waals surface area contributed by atoms with Crippen molar-refractivity contribution in [1.29, 1.82) is 0 Å². The minimum atomic E-state index is 0.123. The summed E-state index contributed by atoms with van der Waals surface area (Å²) in [6, 6.07) is 0. The highest BCUT2D eigenvalue weighted by molar-refractivity contribution is 9.10. The van der Waals surface area contributed by atoms with Crippen LogP contribution < -0.4 is 0 Å². The van der Waals surface area contributed by atoms with Crippen molar-refractivity contribution in [2.24, 2.45) is 0 Å². The third kappa shape index (κ3) is 2.48. The van der Waals surface area contributed by atoms with Crippen LogP contribution in [0.25, 0.3) is 0 Å². The summed E-state index contributed by atoms with van der Waals surface area (Å²) in [7, 11) is 0. The number of ether oxygens (including phenoxy) is 1. The summed E-state index contributed by atoms with van der Waals surface area (Å²) in [5, 5.41) is 0. The van der Waals surface area contributed by atoms with Crippen molar-refractivity contribution in [2.45, 2.75) is 20.5 Å². The predicted octanol–water partition coefficient (Wildman–Crippen LogP) is 1.53. The van der Waals surface area contributed by atoms with E-state index in [9.17, 15) is 4.79 Å². The Balaban J connectivity index is 2.92. The van der Waals surface area contributed by atoms with Gasteiger partial charge in [-0.2, -0.15) is 0 Å². The molecule has 0 amide bonds. The van der Waals surface area contributed by atoms with E-state index in [2.05, 4.69) is 30.6 Å². The standard InChI is InChI=1S/C8H9BrN2O2/c1-5-8(9)6(2)11-7(10-5)3-13-4-12/h4H,3H2,1-2H3. The zero-order valence-corrected chi connectivity index (χ0v) is 8.96. The number of aromatic nitrogens is 2. The van der Waals surface area contributed by atoms with E-state index in [4.69, 9.17) is 0 Å². The third-order valence-corrected chi connectivity index (χ3v) is 2.66. The second kappa shape index (κ2) is 4.32. The molecule has 0 saturated heterocycles. The SMILES string of the molecule is Cc1nc(COC=O)nc(C)c1Br. The molecular formula is C8H9BrN2O2. The van der Waals surface area contributed by atoms with E-state index in [-0.39, 0.29) is 6.61 Å². The lowest BCUT2D eigenvalue weighted by atomic mass is 10.3. The molecule has 0 aliphatic carbocycles. The highest BCUT2D eigenvalue weighted by Gasteiger charge is 2.05. The van der Waals surface area contributed by atoms with E-state index in [1.165, 1.54) is 0 Å². The number of hydrogen-bond acceptors (Lipinski definition) is 4. The smallest absolute Gasteiger partial charge is 0.293 e. The molecule has 1 aromatic rings. The fourth-order valence-corrected chi connectivity index (χ4v) is 1.12. The molecule has 1 aromatic heterocycles. The van der Waals surface area contributed by atoms with Crippen molar-refractivity contribution in [1.82, 2.24) is 9.97 Å². The van der Waals surface area contributed by atoms with Crippen LogP contribution in [0.4, 0.5) is 0 Å². The van der Waals surface area contributed by atoms with Gasteiger partial charge in [0.15, 0.2) is 12.4 Å². The van der Waals surface area contributed by atoms with E-state index >= 15 is 0 Å². The maximum absolute atomic E-state index is 9.93. The van der Waals surface area contributed by atoms with Crippen LogP contribution in [-0.2, 0) is 16.1 Å². The third-order valence-electron chi connectivity index (χ3n) is 1.51. The van der Waals surface area contributed by atoms with Gasteiger partial charge in [-0.1, -0.05) is 0 Å². The van der Waals surface area contributed by atoms with Gasteiger partial charge in [0.05, 0.1) is 15.9 Å². The van der Waals surface area contributed by atoms with Crippen molar-refractivity contribution in [2.75, 3.05) is 0 Å². The largest absolute Gasteiger partial charge is 0.460 e. The average Bonchev–Trinajstić information content (AvgIpc) is 2.10. The molecule has 1 heterocycles. The van der Waals surface area contributed by atoms with E-state index in [1.54, 1.807) is 0 Å². The van der Waals surface area contributed by atoms with Gasteiger partial charge in [0.1, 0.15) is 0 Å². The predicted molar refractivity (Wildman–Crippen MR) is 50.1 cm³/mol. The topological polar surface area (TPSA) is 52.1 Å². The summed E-state index contributed by atoms with van der Waals surface area (Å²) >= 11 is 3.35.